The maximum atomic E-state index is 13.8. The van der Waals surface area contributed by atoms with Crippen molar-refractivity contribution in [2.75, 3.05) is 6.61 Å². The van der Waals surface area contributed by atoms with E-state index in [4.69, 9.17) is 5.11 Å². The first-order valence-corrected chi connectivity index (χ1v) is 10.2. The Bertz CT molecular complexity index is 500. The van der Waals surface area contributed by atoms with Crippen molar-refractivity contribution in [1.82, 2.24) is 0 Å². The number of halogens is 12. The van der Waals surface area contributed by atoms with Crippen molar-refractivity contribution in [3.05, 3.63) is 0 Å². The summed E-state index contributed by atoms with van der Waals surface area (Å²) >= 11 is 0. The van der Waals surface area contributed by atoms with E-state index in [1.807, 2.05) is 0 Å². The summed E-state index contributed by atoms with van der Waals surface area (Å²) in [6, 6.07) is 0. The molecule has 0 heterocycles. The summed E-state index contributed by atoms with van der Waals surface area (Å²) in [4.78, 5) is 0. The van der Waals surface area contributed by atoms with Gasteiger partial charge in [0.15, 0.2) is 0 Å². The SMILES string of the molecule is CCCCCCCC(F)(F)C(F)(F)C(F)(F)C(F)(F)C(F)(F)C(F)(F)CCCCCCO. The monoisotopic (exact) mass is 500 g/mol. The number of hydrogen-bond acceptors (Lipinski definition) is 1. The smallest absolute Gasteiger partial charge is 0.384 e. The van der Waals surface area contributed by atoms with Crippen molar-refractivity contribution in [2.45, 2.75) is 113 Å². The van der Waals surface area contributed by atoms with Crippen LogP contribution in [-0.2, 0) is 0 Å². The molecule has 0 aromatic heterocycles. The van der Waals surface area contributed by atoms with Gasteiger partial charge in [0, 0.05) is 19.4 Å². The van der Waals surface area contributed by atoms with Crippen LogP contribution in [0.3, 0.4) is 0 Å². The third kappa shape index (κ3) is 6.37. The molecule has 0 bridgehead atoms. The lowest BCUT2D eigenvalue weighted by Crippen LogP contribution is -2.70. The minimum atomic E-state index is -7.48. The molecule has 0 spiro atoms. The Labute approximate surface area is 178 Å². The summed E-state index contributed by atoms with van der Waals surface area (Å²) < 4.78 is 165. The van der Waals surface area contributed by atoms with Gasteiger partial charge in [-0.15, -0.1) is 0 Å². The van der Waals surface area contributed by atoms with Crippen LogP contribution in [-0.4, -0.2) is 47.2 Å². The lowest BCUT2D eigenvalue weighted by atomic mass is 9.88. The minimum Gasteiger partial charge on any atom is -0.396 e. The van der Waals surface area contributed by atoms with Gasteiger partial charge in [0.05, 0.1) is 0 Å². The maximum Gasteiger partial charge on any atom is 0.384 e. The first-order chi connectivity index (χ1) is 14.4. The van der Waals surface area contributed by atoms with Crippen LogP contribution in [0.5, 0.6) is 0 Å². The van der Waals surface area contributed by atoms with E-state index in [9.17, 15) is 52.7 Å². The zero-order chi connectivity index (χ0) is 25.5. The highest BCUT2D eigenvalue weighted by molar-refractivity contribution is 5.11. The molecule has 0 aliphatic carbocycles. The van der Waals surface area contributed by atoms with Crippen molar-refractivity contribution in [3.63, 3.8) is 0 Å². The van der Waals surface area contributed by atoms with Gasteiger partial charge in [0.25, 0.3) is 0 Å². The molecule has 0 aromatic rings. The fourth-order valence-corrected chi connectivity index (χ4v) is 2.93. The molecule has 0 rings (SSSR count). The van der Waals surface area contributed by atoms with E-state index in [0.717, 1.165) is 0 Å². The molecule has 0 aliphatic rings. The molecule has 194 valence electrons. The van der Waals surface area contributed by atoms with Crippen LogP contribution in [0.15, 0.2) is 0 Å². The van der Waals surface area contributed by atoms with Crippen molar-refractivity contribution in [1.29, 1.82) is 0 Å². The molecule has 0 unspecified atom stereocenters. The van der Waals surface area contributed by atoms with Gasteiger partial charge in [0.1, 0.15) is 0 Å². The summed E-state index contributed by atoms with van der Waals surface area (Å²) in [5.41, 5.74) is 0. The molecule has 0 radical (unpaired) electrons. The molecule has 0 aromatic carbocycles. The summed E-state index contributed by atoms with van der Waals surface area (Å²) in [6.45, 7) is 1.34. The lowest BCUT2D eigenvalue weighted by Gasteiger charge is -2.41. The number of rotatable bonds is 17. The molecule has 0 atom stereocenters. The molecule has 0 aliphatic heterocycles. The van der Waals surface area contributed by atoms with E-state index in [1.54, 1.807) is 6.92 Å². The summed E-state index contributed by atoms with van der Waals surface area (Å²) in [5, 5.41) is 8.50. The summed E-state index contributed by atoms with van der Waals surface area (Å²) in [7, 11) is 0. The maximum absolute atomic E-state index is 13.8. The molecule has 0 amide bonds. The van der Waals surface area contributed by atoms with Gasteiger partial charge < -0.3 is 5.11 Å². The van der Waals surface area contributed by atoms with Gasteiger partial charge in [-0.25, -0.2) is 0 Å². The van der Waals surface area contributed by atoms with Crippen LogP contribution in [0.25, 0.3) is 0 Å². The Hall–Kier alpha value is -0.880. The van der Waals surface area contributed by atoms with Crippen LogP contribution in [0.1, 0.15) is 77.6 Å². The van der Waals surface area contributed by atoms with Crippen LogP contribution >= 0.6 is 0 Å². The highest BCUT2D eigenvalue weighted by atomic mass is 19.4. The second-order valence-corrected chi connectivity index (χ2v) is 7.76. The van der Waals surface area contributed by atoms with E-state index in [0.29, 0.717) is 12.8 Å². The first kappa shape index (κ1) is 31.1. The quantitative estimate of drug-likeness (QED) is 0.158. The molecule has 1 nitrogen and oxygen atoms in total. The minimum absolute atomic E-state index is 0.0211. The van der Waals surface area contributed by atoms with Gasteiger partial charge >= 0.3 is 35.5 Å². The zero-order valence-corrected chi connectivity index (χ0v) is 17.5. The van der Waals surface area contributed by atoms with E-state index >= 15 is 0 Å². The van der Waals surface area contributed by atoms with Crippen molar-refractivity contribution in [2.24, 2.45) is 0 Å². The van der Waals surface area contributed by atoms with E-state index < -0.39 is 61.2 Å². The van der Waals surface area contributed by atoms with Crippen LogP contribution < -0.4 is 0 Å². The lowest BCUT2D eigenvalue weighted by molar-refractivity contribution is -0.425. The number of aliphatic hydroxyl groups is 1. The Kier molecular flexibility index (Phi) is 11.2. The van der Waals surface area contributed by atoms with E-state index in [1.165, 1.54) is 0 Å². The van der Waals surface area contributed by atoms with Crippen molar-refractivity contribution < 1.29 is 57.8 Å². The number of aliphatic hydroxyl groups excluding tert-OH is 1. The summed E-state index contributed by atoms with van der Waals surface area (Å²) in [5.74, 6) is -40.7. The Morgan fingerprint density at radius 2 is 0.750 bits per heavy atom. The Morgan fingerprint density at radius 1 is 0.438 bits per heavy atom. The molecule has 0 saturated heterocycles. The third-order valence-corrected chi connectivity index (χ3v) is 5.09. The molecule has 0 saturated carbocycles. The number of hydrogen-bond donors (Lipinski definition) is 1. The van der Waals surface area contributed by atoms with Gasteiger partial charge in [-0.1, -0.05) is 45.4 Å². The van der Waals surface area contributed by atoms with Gasteiger partial charge in [-0.3, -0.25) is 0 Å². The second kappa shape index (κ2) is 11.5. The van der Waals surface area contributed by atoms with Crippen LogP contribution in [0.2, 0.25) is 0 Å². The normalized spacial score (nSPS) is 14.8. The highest BCUT2D eigenvalue weighted by Gasteiger charge is 2.89. The fraction of sp³-hybridized carbons (Fsp3) is 1.00. The van der Waals surface area contributed by atoms with Gasteiger partial charge in [-0.2, -0.15) is 52.7 Å². The largest absolute Gasteiger partial charge is 0.396 e. The van der Waals surface area contributed by atoms with Gasteiger partial charge in [-0.05, 0) is 19.3 Å². The zero-order valence-electron chi connectivity index (χ0n) is 17.5. The van der Waals surface area contributed by atoms with Crippen LogP contribution in [0.4, 0.5) is 52.7 Å². The van der Waals surface area contributed by atoms with Crippen molar-refractivity contribution >= 4 is 0 Å². The second-order valence-electron chi connectivity index (χ2n) is 7.76. The molecule has 13 heteroatoms. The van der Waals surface area contributed by atoms with Gasteiger partial charge in [0.2, 0.25) is 0 Å². The molecule has 1 N–H and O–H groups in total. The van der Waals surface area contributed by atoms with Crippen molar-refractivity contribution in [3.8, 4) is 0 Å². The Morgan fingerprint density at radius 3 is 1.06 bits per heavy atom. The average molecular weight is 500 g/mol. The number of unbranched alkanes of at least 4 members (excludes halogenated alkanes) is 7. The predicted molar refractivity (Wildman–Crippen MR) is 93.2 cm³/mol. The average Bonchev–Trinajstić information content (AvgIpc) is 2.66. The fourth-order valence-electron chi connectivity index (χ4n) is 2.93. The topological polar surface area (TPSA) is 20.2 Å². The predicted octanol–water partition coefficient (Wildman–Crippen LogP) is 8.10. The van der Waals surface area contributed by atoms with E-state index in [2.05, 4.69) is 0 Å². The first-order valence-electron chi connectivity index (χ1n) is 10.2. The molecule has 32 heavy (non-hydrogen) atoms. The Balaban J connectivity index is 5.62. The third-order valence-electron chi connectivity index (χ3n) is 5.09. The molecular formula is C19H28F12O. The van der Waals surface area contributed by atoms with E-state index in [-0.39, 0.29) is 38.7 Å². The van der Waals surface area contributed by atoms with Crippen LogP contribution in [0, 0.1) is 0 Å². The highest BCUT2D eigenvalue weighted by Crippen LogP contribution is 2.61. The standard InChI is InChI=1S/C19H28F12O/c1-2-3-4-5-8-11-14(20,21)16(24,25)18(28,29)19(30,31)17(26,27)15(22,23)12-9-6-7-10-13-32/h32H,2-13H2,1H3. The summed E-state index contributed by atoms with van der Waals surface area (Å²) in [6.07, 6.45) is -4.71. The number of alkyl halides is 12. The molecular weight excluding hydrogens is 472 g/mol. The molecule has 0 fully saturated rings.